The SMILES string of the molecule is CC[N+](C)(CC)COC.[Cl-]. The minimum absolute atomic E-state index is 0. The predicted octanol–water partition coefficient (Wildman–Crippen LogP) is -1.92. The molecule has 0 radical (unpaired) electrons. The van der Waals surface area contributed by atoms with Gasteiger partial charge in [-0.2, -0.15) is 0 Å². The number of hydrogen-bond donors (Lipinski definition) is 0. The smallest absolute Gasteiger partial charge is 0.182 e. The van der Waals surface area contributed by atoms with Crippen molar-refractivity contribution in [2.24, 2.45) is 0 Å². The Balaban J connectivity index is 0. The molecule has 10 heavy (non-hydrogen) atoms. The molecule has 64 valence electrons. The molecule has 0 aliphatic rings. The zero-order valence-electron chi connectivity index (χ0n) is 7.35. The average Bonchev–Trinajstić information content (AvgIpc) is 1.89. The summed E-state index contributed by atoms with van der Waals surface area (Å²) < 4.78 is 6.07. The van der Waals surface area contributed by atoms with Gasteiger partial charge in [0.1, 0.15) is 0 Å². The van der Waals surface area contributed by atoms with Crippen molar-refractivity contribution in [2.45, 2.75) is 13.8 Å². The van der Waals surface area contributed by atoms with Gasteiger partial charge in [0.05, 0.1) is 20.1 Å². The lowest BCUT2D eigenvalue weighted by Crippen LogP contribution is -3.00. The Morgan fingerprint density at radius 2 is 1.60 bits per heavy atom. The molecule has 0 fully saturated rings. The van der Waals surface area contributed by atoms with E-state index in [4.69, 9.17) is 4.74 Å². The lowest BCUT2D eigenvalue weighted by molar-refractivity contribution is -0.924. The number of quaternary nitrogens is 1. The van der Waals surface area contributed by atoms with Crippen molar-refractivity contribution in [3.05, 3.63) is 0 Å². The van der Waals surface area contributed by atoms with Crippen LogP contribution in [-0.4, -0.2) is 38.5 Å². The van der Waals surface area contributed by atoms with Crippen LogP contribution in [0.15, 0.2) is 0 Å². The van der Waals surface area contributed by atoms with Gasteiger partial charge in [0, 0.05) is 7.11 Å². The molecule has 0 rings (SSSR count). The Kier molecular flexibility index (Phi) is 7.65. The van der Waals surface area contributed by atoms with Crippen molar-refractivity contribution in [1.29, 1.82) is 0 Å². The first-order valence-corrected chi connectivity index (χ1v) is 3.51. The molecule has 0 saturated heterocycles. The summed E-state index contributed by atoms with van der Waals surface area (Å²) in [7, 11) is 3.95. The summed E-state index contributed by atoms with van der Waals surface area (Å²) in [5.41, 5.74) is 0. The van der Waals surface area contributed by atoms with Gasteiger partial charge < -0.3 is 21.6 Å². The molecular formula is C7H18ClNO. The van der Waals surface area contributed by atoms with Crippen LogP contribution in [0.25, 0.3) is 0 Å². The van der Waals surface area contributed by atoms with Crippen LogP contribution in [0.5, 0.6) is 0 Å². The van der Waals surface area contributed by atoms with Crippen LogP contribution in [-0.2, 0) is 4.74 Å². The van der Waals surface area contributed by atoms with Gasteiger partial charge in [0.25, 0.3) is 0 Å². The van der Waals surface area contributed by atoms with Gasteiger partial charge in [-0.3, -0.25) is 0 Å². The molecule has 0 aliphatic carbocycles. The Morgan fingerprint density at radius 3 is 1.70 bits per heavy atom. The molecule has 2 nitrogen and oxygen atoms in total. The zero-order chi connectivity index (χ0) is 7.33. The van der Waals surface area contributed by atoms with Crippen LogP contribution in [0, 0.1) is 0 Å². The van der Waals surface area contributed by atoms with E-state index >= 15 is 0 Å². The second kappa shape index (κ2) is 5.96. The third kappa shape index (κ3) is 4.09. The number of nitrogens with zero attached hydrogens (tertiary/aromatic N) is 1. The van der Waals surface area contributed by atoms with Crippen molar-refractivity contribution >= 4 is 0 Å². The fraction of sp³-hybridized carbons (Fsp3) is 1.00. The third-order valence-corrected chi connectivity index (χ3v) is 1.97. The number of ether oxygens (including phenoxy) is 1. The summed E-state index contributed by atoms with van der Waals surface area (Å²) in [6.07, 6.45) is 0. The largest absolute Gasteiger partial charge is 1.00 e. The minimum Gasteiger partial charge on any atom is -1.00 e. The van der Waals surface area contributed by atoms with E-state index < -0.39 is 0 Å². The van der Waals surface area contributed by atoms with Crippen molar-refractivity contribution < 1.29 is 21.6 Å². The fourth-order valence-corrected chi connectivity index (χ4v) is 0.718. The number of hydrogen-bond acceptors (Lipinski definition) is 1. The molecule has 0 aliphatic heterocycles. The van der Waals surface area contributed by atoms with Crippen LogP contribution in [0.3, 0.4) is 0 Å². The van der Waals surface area contributed by atoms with E-state index in [9.17, 15) is 0 Å². The Bertz CT molecular complexity index is 74.0. The molecule has 0 aromatic carbocycles. The van der Waals surface area contributed by atoms with Gasteiger partial charge in [-0.05, 0) is 13.8 Å². The molecule has 0 aromatic rings. The van der Waals surface area contributed by atoms with E-state index in [0.29, 0.717) is 0 Å². The summed E-state index contributed by atoms with van der Waals surface area (Å²) in [6, 6.07) is 0. The van der Waals surface area contributed by atoms with E-state index in [1.807, 2.05) is 0 Å². The summed E-state index contributed by atoms with van der Waals surface area (Å²) in [6.45, 7) is 7.48. The molecule has 0 spiro atoms. The van der Waals surface area contributed by atoms with Gasteiger partial charge in [-0.1, -0.05) is 0 Å². The maximum atomic E-state index is 5.06. The summed E-state index contributed by atoms with van der Waals surface area (Å²) in [4.78, 5) is 0. The summed E-state index contributed by atoms with van der Waals surface area (Å²) in [5.74, 6) is 0. The Morgan fingerprint density at radius 1 is 1.20 bits per heavy atom. The monoisotopic (exact) mass is 167 g/mol. The Hall–Kier alpha value is 0.210. The zero-order valence-corrected chi connectivity index (χ0v) is 8.11. The topological polar surface area (TPSA) is 9.23 Å². The third-order valence-electron chi connectivity index (χ3n) is 1.97. The van der Waals surface area contributed by atoms with Crippen LogP contribution >= 0.6 is 0 Å². The van der Waals surface area contributed by atoms with Gasteiger partial charge in [-0.25, -0.2) is 0 Å². The summed E-state index contributed by atoms with van der Waals surface area (Å²) >= 11 is 0. The van der Waals surface area contributed by atoms with Crippen LogP contribution in [0.2, 0.25) is 0 Å². The second-order valence-corrected chi connectivity index (χ2v) is 2.67. The second-order valence-electron chi connectivity index (χ2n) is 2.67. The van der Waals surface area contributed by atoms with Crippen molar-refractivity contribution in [2.75, 3.05) is 34.0 Å². The first-order valence-electron chi connectivity index (χ1n) is 3.51. The average molecular weight is 168 g/mol. The van der Waals surface area contributed by atoms with E-state index in [1.54, 1.807) is 7.11 Å². The summed E-state index contributed by atoms with van der Waals surface area (Å²) in [5, 5.41) is 0. The highest BCUT2D eigenvalue weighted by atomic mass is 35.5. The highest BCUT2D eigenvalue weighted by molar-refractivity contribution is 4.21. The highest BCUT2D eigenvalue weighted by Gasteiger charge is 2.14. The maximum Gasteiger partial charge on any atom is 0.182 e. The number of methoxy groups -OCH3 is 1. The molecule has 0 N–H and O–H groups in total. The van der Waals surface area contributed by atoms with Crippen LogP contribution in [0.4, 0.5) is 0 Å². The molecule has 3 heteroatoms. The molecule has 0 unspecified atom stereocenters. The predicted molar refractivity (Wildman–Crippen MR) is 39.1 cm³/mol. The standard InChI is InChI=1S/C7H18NO.ClH/c1-5-8(3,6-2)7-9-4;/h5-7H2,1-4H3;1H/q+1;/p-1. The van der Waals surface area contributed by atoms with E-state index in [1.165, 1.54) is 0 Å². The molecule has 0 saturated carbocycles. The maximum absolute atomic E-state index is 5.06. The number of halogens is 1. The molecule has 0 amide bonds. The highest BCUT2D eigenvalue weighted by Crippen LogP contribution is 1.99. The van der Waals surface area contributed by atoms with Crippen molar-refractivity contribution in [1.82, 2.24) is 0 Å². The molecule has 0 atom stereocenters. The molecule has 0 aromatic heterocycles. The quantitative estimate of drug-likeness (QED) is 0.351. The van der Waals surface area contributed by atoms with Crippen LogP contribution in [0.1, 0.15) is 13.8 Å². The van der Waals surface area contributed by atoms with Crippen molar-refractivity contribution in [3.8, 4) is 0 Å². The van der Waals surface area contributed by atoms with E-state index in [0.717, 1.165) is 24.3 Å². The lowest BCUT2D eigenvalue weighted by Gasteiger charge is -2.30. The van der Waals surface area contributed by atoms with Crippen LogP contribution < -0.4 is 12.4 Å². The molecular weight excluding hydrogens is 150 g/mol. The Labute approximate surface area is 70.2 Å². The van der Waals surface area contributed by atoms with Gasteiger partial charge in [-0.15, -0.1) is 0 Å². The first-order chi connectivity index (χ1) is 4.18. The molecule has 0 bridgehead atoms. The first kappa shape index (κ1) is 12.8. The van der Waals surface area contributed by atoms with Crippen molar-refractivity contribution in [3.63, 3.8) is 0 Å². The van der Waals surface area contributed by atoms with Gasteiger partial charge in [0.15, 0.2) is 6.73 Å². The van der Waals surface area contributed by atoms with E-state index in [2.05, 4.69) is 20.9 Å². The minimum atomic E-state index is 0. The molecule has 0 heterocycles. The van der Waals surface area contributed by atoms with E-state index in [-0.39, 0.29) is 12.4 Å². The van der Waals surface area contributed by atoms with Gasteiger partial charge >= 0.3 is 0 Å². The lowest BCUT2D eigenvalue weighted by atomic mass is 10.5. The normalized spacial score (nSPS) is 10.8. The number of rotatable bonds is 4. The van der Waals surface area contributed by atoms with Gasteiger partial charge in [0.2, 0.25) is 0 Å². The fourth-order valence-electron chi connectivity index (χ4n) is 0.718.